The molecular weight excluding hydrogens is 567 g/mol. The van der Waals surface area contributed by atoms with Crippen LogP contribution in [0.2, 0.25) is 0 Å². The summed E-state index contributed by atoms with van der Waals surface area (Å²) in [5, 5.41) is 10.7. The van der Waals surface area contributed by atoms with Gasteiger partial charge in [0.15, 0.2) is 11.5 Å². The van der Waals surface area contributed by atoms with Crippen LogP contribution in [0.3, 0.4) is 0 Å². The molecule has 44 heavy (non-hydrogen) atoms. The van der Waals surface area contributed by atoms with Crippen molar-refractivity contribution < 1.29 is 23.4 Å². The Morgan fingerprint density at radius 2 is 1.84 bits per heavy atom. The van der Waals surface area contributed by atoms with Crippen molar-refractivity contribution in [2.75, 3.05) is 38.4 Å². The molecule has 0 bridgehead atoms. The summed E-state index contributed by atoms with van der Waals surface area (Å²) in [4.78, 5) is 27.8. The van der Waals surface area contributed by atoms with Gasteiger partial charge in [0.2, 0.25) is 0 Å². The lowest BCUT2D eigenvalue weighted by molar-refractivity contribution is -0.114. The smallest absolute Gasteiger partial charge is 0.284 e. The minimum atomic E-state index is -0.856. The van der Waals surface area contributed by atoms with Crippen molar-refractivity contribution in [3.63, 3.8) is 0 Å². The average molecular weight is 599 g/mol. The molecule has 0 unspecified atom stereocenters. The Kier molecular flexibility index (Phi) is 7.94. The maximum atomic E-state index is 14.9. The lowest BCUT2D eigenvalue weighted by atomic mass is 10.1. The number of fused-ring (bicyclic) bond motifs is 2. The van der Waals surface area contributed by atoms with Crippen molar-refractivity contribution in [2.45, 2.75) is 25.8 Å². The Morgan fingerprint density at radius 1 is 1.02 bits per heavy atom. The van der Waals surface area contributed by atoms with Gasteiger partial charge in [-0.05, 0) is 69.3 Å². The molecule has 2 aromatic carbocycles. The number of carbonyl (C=O) groups excluding carboxylic acids is 1. The molecule has 0 aliphatic carbocycles. The van der Waals surface area contributed by atoms with Crippen molar-refractivity contribution in [3.8, 4) is 23.0 Å². The van der Waals surface area contributed by atoms with Gasteiger partial charge in [0, 0.05) is 23.6 Å². The molecule has 1 amide bonds. The fourth-order valence-electron chi connectivity index (χ4n) is 5.18. The molecule has 2 N–H and O–H groups in total. The number of likely N-dealkylation sites (N-methyl/N-ethyl adjacent to an activating group) is 1. The number of nitrogens with one attached hydrogen (secondary N) is 2. The summed E-state index contributed by atoms with van der Waals surface area (Å²) in [6.07, 6.45) is 7.76. The first kappa shape index (κ1) is 28.8. The first-order valence-corrected chi connectivity index (χ1v) is 14.0. The van der Waals surface area contributed by atoms with Crippen molar-refractivity contribution in [1.29, 1.82) is 0 Å². The van der Waals surface area contributed by atoms with E-state index < -0.39 is 11.7 Å². The summed E-state index contributed by atoms with van der Waals surface area (Å²) in [7, 11) is 4.94. The topological polar surface area (TPSA) is 128 Å². The second kappa shape index (κ2) is 12.1. The molecule has 1 atom stereocenters. The Labute approximate surface area is 252 Å². The summed E-state index contributed by atoms with van der Waals surface area (Å²) < 4.78 is 33.8. The van der Waals surface area contributed by atoms with Crippen molar-refractivity contribution in [1.82, 2.24) is 29.5 Å². The van der Waals surface area contributed by atoms with Gasteiger partial charge in [-0.2, -0.15) is 5.10 Å². The molecule has 1 aliphatic rings. The Bertz CT molecular complexity index is 1890. The van der Waals surface area contributed by atoms with Crippen LogP contribution in [0.5, 0.6) is 23.0 Å². The number of benzene rings is 2. The van der Waals surface area contributed by atoms with E-state index in [0.29, 0.717) is 51.1 Å². The molecular formula is C31H31FN8O4. The van der Waals surface area contributed by atoms with Crippen molar-refractivity contribution in [2.24, 2.45) is 0 Å². The number of hydrogen-bond acceptors (Lipinski definition) is 10. The maximum absolute atomic E-state index is 14.9. The summed E-state index contributed by atoms with van der Waals surface area (Å²) in [5.41, 5.74) is 3.00. The van der Waals surface area contributed by atoms with Gasteiger partial charge < -0.3 is 24.8 Å². The molecule has 0 radical (unpaired) electrons. The van der Waals surface area contributed by atoms with Crippen LogP contribution in [0.4, 0.5) is 21.6 Å². The lowest BCUT2D eigenvalue weighted by Gasteiger charge is -2.17. The number of aromatic nitrogens is 5. The molecule has 0 spiro atoms. The zero-order valence-electron chi connectivity index (χ0n) is 24.7. The van der Waals surface area contributed by atoms with Crippen molar-refractivity contribution >= 4 is 39.6 Å². The number of nitrogens with zero attached hydrogens (tertiary/aromatic N) is 6. The molecule has 1 aliphatic heterocycles. The molecule has 0 saturated carbocycles. The van der Waals surface area contributed by atoms with Crippen LogP contribution in [-0.2, 0) is 4.79 Å². The number of carbonyl (C=O) groups is 1. The van der Waals surface area contributed by atoms with E-state index >= 15 is 0 Å². The number of rotatable bonds is 9. The van der Waals surface area contributed by atoms with Crippen LogP contribution in [0.1, 0.15) is 18.4 Å². The molecule has 1 saturated heterocycles. The standard InChI is InChI=1S/C31H31FN8O4/c1-18-10-24(28(43-4)14-26(18)44-20-7-8-29-34-17-36-40(29)15-20)37-30-21-12-25(27(42-3)13-23(21)33-16-35-30)38-31(41)22(32)11-19-6-5-9-39(19)2/h7-8,10-17,19H,5-6,9H2,1-4H3,(H,38,41)(H,33,35,37)/b22-11+/t19-/m1/s1. The number of anilines is 3. The fourth-order valence-corrected chi connectivity index (χ4v) is 5.18. The van der Waals surface area contributed by atoms with Crippen LogP contribution >= 0.6 is 0 Å². The molecule has 13 heteroatoms. The third-order valence-electron chi connectivity index (χ3n) is 7.56. The number of amides is 1. The average Bonchev–Trinajstić information content (AvgIpc) is 3.66. The van der Waals surface area contributed by atoms with E-state index in [0.717, 1.165) is 24.9 Å². The predicted octanol–water partition coefficient (Wildman–Crippen LogP) is 5.42. The molecule has 4 heterocycles. The summed E-state index contributed by atoms with van der Waals surface area (Å²) in [5.74, 6) is 0.751. The third-order valence-corrected chi connectivity index (χ3v) is 7.56. The second-order valence-corrected chi connectivity index (χ2v) is 10.4. The Balaban J connectivity index is 1.28. The van der Waals surface area contributed by atoms with Gasteiger partial charge in [-0.1, -0.05) is 0 Å². The number of pyridine rings is 1. The maximum Gasteiger partial charge on any atom is 0.284 e. The number of aryl methyl sites for hydroxylation is 1. The largest absolute Gasteiger partial charge is 0.494 e. The highest BCUT2D eigenvalue weighted by Crippen LogP contribution is 2.39. The monoisotopic (exact) mass is 598 g/mol. The van der Waals surface area contributed by atoms with Gasteiger partial charge in [-0.3, -0.25) is 9.69 Å². The minimum Gasteiger partial charge on any atom is -0.494 e. The van der Waals surface area contributed by atoms with E-state index in [1.807, 2.05) is 37.1 Å². The van der Waals surface area contributed by atoms with Gasteiger partial charge in [-0.15, -0.1) is 0 Å². The normalized spacial score (nSPS) is 15.5. The molecule has 226 valence electrons. The molecule has 12 nitrogen and oxygen atoms in total. The van der Waals surface area contributed by atoms with E-state index in [1.165, 1.54) is 25.8 Å². The highest BCUT2D eigenvalue weighted by atomic mass is 19.1. The summed E-state index contributed by atoms with van der Waals surface area (Å²) in [6, 6.07) is 10.5. The zero-order valence-corrected chi connectivity index (χ0v) is 24.7. The first-order valence-electron chi connectivity index (χ1n) is 14.0. The SMILES string of the molecule is COc1cc2ncnc(Nc3cc(C)c(Oc4ccc5ncnn5c4)cc3OC)c2cc1NC(=O)/C(F)=C\[C@H]1CCCN1C. The van der Waals surface area contributed by atoms with E-state index in [-0.39, 0.29) is 11.7 Å². The van der Waals surface area contributed by atoms with Crippen LogP contribution < -0.4 is 24.8 Å². The first-order chi connectivity index (χ1) is 21.3. The van der Waals surface area contributed by atoms with Gasteiger partial charge in [0.25, 0.3) is 5.91 Å². The van der Waals surface area contributed by atoms with Gasteiger partial charge in [0.1, 0.15) is 41.5 Å². The van der Waals surface area contributed by atoms with Gasteiger partial charge in [0.05, 0.1) is 37.3 Å². The summed E-state index contributed by atoms with van der Waals surface area (Å²) in [6.45, 7) is 2.78. The van der Waals surface area contributed by atoms with Crippen LogP contribution in [-0.4, -0.2) is 69.2 Å². The quantitative estimate of drug-likeness (QED) is 0.212. The fraction of sp³-hybridized carbons (Fsp3) is 0.258. The van der Waals surface area contributed by atoms with E-state index in [1.54, 1.807) is 36.0 Å². The lowest BCUT2D eigenvalue weighted by Crippen LogP contribution is -2.24. The molecule has 3 aromatic heterocycles. The third kappa shape index (κ3) is 5.81. The van der Waals surface area contributed by atoms with Crippen LogP contribution in [0.25, 0.3) is 16.6 Å². The molecule has 1 fully saturated rings. The predicted molar refractivity (Wildman–Crippen MR) is 164 cm³/mol. The Morgan fingerprint density at radius 3 is 2.61 bits per heavy atom. The van der Waals surface area contributed by atoms with Crippen molar-refractivity contribution in [3.05, 3.63) is 72.7 Å². The number of halogens is 1. The molecule has 6 rings (SSSR count). The number of ether oxygens (including phenoxy) is 3. The highest BCUT2D eigenvalue weighted by molar-refractivity contribution is 6.05. The van der Waals surface area contributed by atoms with E-state index in [9.17, 15) is 9.18 Å². The second-order valence-electron chi connectivity index (χ2n) is 10.4. The number of hydrogen-bond donors (Lipinski definition) is 2. The van der Waals surface area contributed by atoms with Gasteiger partial charge in [-0.25, -0.2) is 23.9 Å². The number of methoxy groups -OCH3 is 2. The zero-order chi connectivity index (χ0) is 30.8. The minimum absolute atomic E-state index is 0.115. The van der Waals surface area contributed by atoms with Gasteiger partial charge >= 0.3 is 0 Å². The number of likely N-dealkylation sites (tertiary alicyclic amines) is 1. The van der Waals surface area contributed by atoms with Crippen LogP contribution in [0.15, 0.2) is 67.2 Å². The summed E-state index contributed by atoms with van der Waals surface area (Å²) >= 11 is 0. The molecule has 5 aromatic rings. The van der Waals surface area contributed by atoms with Crippen LogP contribution in [0, 0.1) is 6.92 Å². The Hall–Kier alpha value is -5.30. The highest BCUT2D eigenvalue weighted by Gasteiger charge is 2.22. The van der Waals surface area contributed by atoms with E-state index in [2.05, 4.69) is 30.7 Å². The van der Waals surface area contributed by atoms with E-state index in [4.69, 9.17) is 14.2 Å².